The van der Waals surface area contributed by atoms with Gasteiger partial charge in [-0.1, -0.05) is 76.7 Å². The van der Waals surface area contributed by atoms with E-state index in [2.05, 4.69) is 56.0 Å². The largest absolute Gasteiger partial charge is 0.506 e. The fourth-order valence-electron chi connectivity index (χ4n) is 9.93. The zero-order valence-electron chi connectivity index (χ0n) is 25.6. The minimum absolute atomic E-state index is 0.0728. The van der Waals surface area contributed by atoms with Crippen molar-refractivity contribution in [2.24, 2.45) is 51.5 Å². The number of phenolic OH excluding ortho intramolecular Hbond substituents is 1. The van der Waals surface area contributed by atoms with Crippen LogP contribution in [0, 0.1) is 49.9 Å². The van der Waals surface area contributed by atoms with Crippen molar-refractivity contribution in [3.05, 3.63) is 43.4 Å². The third-order valence-electron chi connectivity index (χ3n) is 12.1. The second-order valence-electron chi connectivity index (χ2n) is 14.7. The van der Waals surface area contributed by atoms with Gasteiger partial charge in [-0.15, -0.1) is 0 Å². The first-order chi connectivity index (χ1) is 19.5. The number of carbonyl (C=O) groups is 1. The van der Waals surface area contributed by atoms with Crippen molar-refractivity contribution < 1.29 is 9.90 Å². The monoisotopic (exact) mass is 672 g/mol. The molecule has 4 aliphatic carbocycles. The molecule has 2 N–H and O–H groups in total. The van der Waals surface area contributed by atoms with E-state index in [1.807, 2.05) is 22.6 Å². The molecule has 0 saturated heterocycles. The third-order valence-corrected chi connectivity index (χ3v) is 13.2. The predicted octanol–water partition coefficient (Wildman–Crippen LogP) is 10.1. The van der Waals surface area contributed by atoms with Crippen LogP contribution in [0.4, 0.5) is 5.69 Å². The Labute approximate surface area is 260 Å². The van der Waals surface area contributed by atoms with Gasteiger partial charge in [0.15, 0.2) is 0 Å². The van der Waals surface area contributed by atoms with Crippen LogP contribution < -0.4 is 5.32 Å². The van der Waals surface area contributed by atoms with Crippen molar-refractivity contribution in [3.63, 3.8) is 0 Å². The van der Waals surface area contributed by atoms with E-state index in [1.54, 1.807) is 17.7 Å². The Bertz CT molecular complexity index is 1240. The zero-order valence-corrected chi connectivity index (χ0v) is 27.8. The quantitative estimate of drug-likeness (QED) is 0.0945. The summed E-state index contributed by atoms with van der Waals surface area (Å²) in [5.41, 5.74) is 11.6. The lowest BCUT2D eigenvalue weighted by atomic mass is 9.47. The Morgan fingerprint density at radius 2 is 1.93 bits per heavy atom. The highest BCUT2D eigenvalue weighted by atomic mass is 127. The molecule has 1 aromatic rings. The fourth-order valence-corrected chi connectivity index (χ4v) is 10.5. The minimum Gasteiger partial charge on any atom is -0.506 e. The summed E-state index contributed by atoms with van der Waals surface area (Å²) in [5.74, 6) is 4.55. The number of nitrogens with zero attached hydrogens (tertiary/aromatic N) is 3. The molecule has 8 atom stereocenters. The average Bonchev–Trinajstić information content (AvgIpc) is 3.28. The molecule has 0 spiro atoms. The van der Waals surface area contributed by atoms with Crippen LogP contribution >= 0.6 is 22.6 Å². The standard InChI is InChI=1S/C34H49IN4O2/c1-20(2)7-6-8-21(3)26-12-13-27-24-10-9-22-19-23(15-17-33(22,4)28(24)16-18-34(26,27)5)37-32(41)25-11-14-29(38-39-36)30(35)31(25)40/h9,11,14,20-21,23-24,26-28,40H,6-8,10,12-13,15-19H2,1-5H3,(H,37,41)/t21-,23-,24+,26-,27+,28+,33+,34-/m1/s1. The predicted molar refractivity (Wildman–Crippen MR) is 174 cm³/mol. The van der Waals surface area contributed by atoms with Gasteiger partial charge in [0.25, 0.3) is 5.91 Å². The van der Waals surface area contributed by atoms with Crippen LogP contribution in [0.2, 0.25) is 0 Å². The number of aromatic hydroxyl groups is 1. The van der Waals surface area contributed by atoms with E-state index < -0.39 is 0 Å². The average molecular weight is 673 g/mol. The molecule has 1 amide bonds. The Balaban J connectivity index is 1.26. The van der Waals surface area contributed by atoms with Crippen molar-refractivity contribution in [2.75, 3.05) is 0 Å². The van der Waals surface area contributed by atoms with Crippen LogP contribution in [0.15, 0.2) is 28.9 Å². The molecule has 224 valence electrons. The Morgan fingerprint density at radius 3 is 2.66 bits per heavy atom. The van der Waals surface area contributed by atoms with Gasteiger partial charge < -0.3 is 10.4 Å². The van der Waals surface area contributed by atoms with E-state index in [0.29, 0.717) is 14.7 Å². The topological polar surface area (TPSA) is 98.1 Å². The summed E-state index contributed by atoms with van der Waals surface area (Å²) in [6.07, 6.45) is 16.4. The van der Waals surface area contributed by atoms with Gasteiger partial charge in [0.2, 0.25) is 0 Å². The van der Waals surface area contributed by atoms with E-state index in [-0.39, 0.29) is 28.7 Å². The van der Waals surface area contributed by atoms with E-state index in [4.69, 9.17) is 5.53 Å². The number of hydrogen-bond donors (Lipinski definition) is 2. The normalized spacial score (nSPS) is 35.0. The molecule has 5 rings (SSSR count). The van der Waals surface area contributed by atoms with Gasteiger partial charge >= 0.3 is 0 Å². The molecule has 0 radical (unpaired) electrons. The minimum atomic E-state index is -0.260. The zero-order chi connectivity index (χ0) is 29.5. The maximum atomic E-state index is 13.2. The number of benzene rings is 1. The molecule has 3 fully saturated rings. The Hall–Kier alpha value is -1.73. The van der Waals surface area contributed by atoms with E-state index >= 15 is 0 Å². The summed E-state index contributed by atoms with van der Waals surface area (Å²) in [6.45, 7) is 12.4. The van der Waals surface area contributed by atoms with E-state index in [9.17, 15) is 9.90 Å². The summed E-state index contributed by atoms with van der Waals surface area (Å²) < 4.78 is 0.397. The highest BCUT2D eigenvalue weighted by molar-refractivity contribution is 14.1. The van der Waals surface area contributed by atoms with E-state index in [0.717, 1.165) is 54.8 Å². The first-order valence-corrected chi connectivity index (χ1v) is 17.1. The molecule has 41 heavy (non-hydrogen) atoms. The van der Waals surface area contributed by atoms with Crippen LogP contribution in [-0.2, 0) is 0 Å². The molecule has 0 aliphatic heterocycles. The number of fused-ring (bicyclic) bond motifs is 5. The Morgan fingerprint density at radius 1 is 1.15 bits per heavy atom. The number of azide groups is 1. The maximum absolute atomic E-state index is 13.2. The number of phenols is 1. The molecule has 0 bridgehead atoms. The maximum Gasteiger partial charge on any atom is 0.255 e. The number of nitrogens with one attached hydrogen (secondary N) is 1. The van der Waals surface area contributed by atoms with Gasteiger partial charge in [-0.05, 0) is 132 Å². The van der Waals surface area contributed by atoms with Crippen molar-refractivity contribution in [1.82, 2.24) is 5.32 Å². The lowest BCUT2D eigenvalue weighted by molar-refractivity contribution is -0.0513. The molecule has 0 aromatic heterocycles. The second-order valence-corrected chi connectivity index (χ2v) is 15.8. The summed E-state index contributed by atoms with van der Waals surface area (Å²) in [4.78, 5) is 16.0. The lowest BCUT2D eigenvalue weighted by Crippen LogP contribution is -2.52. The molecular weight excluding hydrogens is 623 g/mol. The van der Waals surface area contributed by atoms with Crippen LogP contribution in [-0.4, -0.2) is 17.1 Å². The SMILES string of the molecule is CC(C)CCC[C@@H](C)[C@H]1CC[C@H]2[C@@H]3CC=C4C[C@H](NC(=O)c5ccc(N=[N+]=[N-])c(I)c5O)CC[C@]4(C)[C@H]3CC[C@]12C. The van der Waals surface area contributed by atoms with Crippen LogP contribution in [0.3, 0.4) is 0 Å². The molecule has 0 unspecified atom stereocenters. The molecular formula is C34H49IN4O2. The van der Waals surface area contributed by atoms with Crippen LogP contribution in [0.1, 0.15) is 116 Å². The van der Waals surface area contributed by atoms with Gasteiger partial charge in [-0.2, -0.15) is 0 Å². The molecule has 1 aromatic carbocycles. The van der Waals surface area contributed by atoms with Crippen molar-refractivity contribution in [2.45, 2.75) is 111 Å². The smallest absolute Gasteiger partial charge is 0.255 e. The Kier molecular flexibility index (Phi) is 9.07. The molecule has 0 heterocycles. The number of rotatable bonds is 8. The summed E-state index contributed by atoms with van der Waals surface area (Å²) in [6, 6.07) is 3.21. The lowest BCUT2D eigenvalue weighted by Gasteiger charge is -2.58. The number of allylic oxidation sites excluding steroid dienone is 1. The highest BCUT2D eigenvalue weighted by Gasteiger charge is 2.59. The fraction of sp³-hybridized carbons (Fsp3) is 0.735. The number of amides is 1. The van der Waals surface area contributed by atoms with Crippen molar-refractivity contribution >= 4 is 34.2 Å². The summed E-state index contributed by atoms with van der Waals surface area (Å²) >= 11 is 1.92. The summed E-state index contributed by atoms with van der Waals surface area (Å²) in [7, 11) is 0. The van der Waals surface area contributed by atoms with Gasteiger partial charge in [-0.25, -0.2) is 0 Å². The second kappa shape index (κ2) is 12.1. The highest BCUT2D eigenvalue weighted by Crippen LogP contribution is 2.67. The summed E-state index contributed by atoms with van der Waals surface area (Å²) in [5, 5.41) is 17.4. The molecule has 7 heteroatoms. The number of halogens is 1. The third kappa shape index (κ3) is 5.67. The molecule has 4 aliphatic rings. The number of hydrogen-bond acceptors (Lipinski definition) is 3. The van der Waals surface area contributed by atoms with Crippen LogP contribution in [0.5, 0.6) is 5.75 Å². The van der Waals surface area contributed by atoms with Gasteiger partial charge in [0.05, 0.1) is 14.8 Å². The number of carbonyl (C=O) groups excluding carboxylic acids is 1. The van der Waals surface area contributed by atoms with Crippen LogP contribution in [0.25, 0.3) is 10.4 Å². The van der Waals surface area contributed by atoms with Gasteiger partial charge in [0, 0.05) is 11.0 Å². The van der Waals surface area contributed by atoms with E-state index in [1.165, 1.54) is 51.4 Å². The first-order valence-electron chi connectivity index (χ1n) is 16.1. The van der Waals surface area contributed by atoms with Gasteiger partial charge in [-0.3, -0.25) is 4.79 Å². The molecule has 3 saturated carbocycles. The first kappa shape index (κ1) is 30.7. The molecule has 6 nitrogen and oxygen atoms in total. The van der Waals surface area contributed by atoms with Gasteiger partial charge in [0.1, 0.15) is 5.75 Å². The van der Waals surface area contributed by atoms with Crippen molar-refractivity contribution in [1.29, 1.82) is 0 Å². The van der Waals surface area contributed by atoms with Crippen molar-refractivity contribution in [3.8, 4) is 5.75 Å².